The van der Waals surface area contributed by atoms with E-state index in [1.165, 1.54) is 30.2 Å². The Kier molecular flexibility index (Phi) is 5.65. The van der Waals surface area contributed by atoms with E-state index in [0.29, 0.717) is 5.82 Å². The van der Waals surface area contributed by atoms with E-state index in [1.807, 2.05) is 19.1 Å². The fourth-order valence-corrected chi connectivity index (χ4v) is 3.12. The van der Waals surface area contributed by atoms with Crippen LogP contribution in [0.15, 0.2) is 54.4 Å². The topological polar surface area (TPSA) is 77.8 Å². The predicted octanol–water partition coefficient (Wildman–Crippen LogP) is 3.66. The number of fused-ring (bicyclic) bond motifs is 1. The highest BCUT2D eigenvalue weighted by Gasteiger charge is 2.16. The van der Waals surface area contributed by atoms with Crippen LogP contribution >= 0.6 is 0 Å². The Balaban J connectivity index is 1.66. The molecule has 1 aromatic carbocycles. The molecule has 0 saturated heterocycles. The molecule has 1 aromatic heterocycles. The zero-order valence-electron chi connectivity index (χ0n) is 14.8. The highest BCUT2D eigenvalue weighted by Crippen LogP contribution is 2.24. The zero-order chi connectivity index (χ0) is 18.4. The predicted molar refractivity (Wildman–Crippen MR) is 101 cm³/mol. The van der Waals surface area contributed by atoms with Gasteiger partial charge < -0.3 is 10.6 Å². The van der Waals surface area contributed by atoms with E-state index in [2.05, 4.69) is 33.8 Å². The van der Waals surface area contributed by atoms with Crippen LogP contribution in [0.5, 0.6) is 0 Å². The van der Waals surface area contributed by atoms with Crippen molar-refractivity contribution >= 4 is 11.7 Å². The third-order valence-corrected chi connectivity index (χ3v) is 4.61. The van der Waals surface area contributed by atoms with Crippen molar-refractivity contribution in [3.63, 3.8) is 0 Å². The van der Waals surface area contributed by atoms with Crippen molar-refractivity contribution in [2.45, 2.75) is 38.6 Å². The summed E-state index contributed by atoms with van der Waals surface area (Å²) >= 11 is 0. The molecule has 0 spiro atoms. The number of anilines is 1. The molecule has 1 aliphatic rings. The van der Waals surface area contributed by atoms with Crippen LogP contribution in [-0.4, -0.2) is 10.9 Å². The summed E-state index contributed by atoms with van der Waals surface area (Å²) in [5.74, 6) is 0.178. The molecule has 1 atom stereocenters. The fourth-order valence-electron chi connectivity index (χ4n) is 3.12. The van der Waals surface area contributed by atoms with E-state index in [0.717, 1.165) is 18.4 Å². The normalized spacial score (nSPS) is 14.7. The molecule has 2 N–H and O–H groups in total. The van der Waals surface area contributed by atoms with Gasteiger partial charge in [-0.1, -0.05) is 24.3 Å². The number of rotatable bonds is 5. The van der Waals surface area contributed by atoms with E-state index in [1.54, 1.807) is 18.3 Å². The molecule has 1 heterocycles. The molecule has 0 fully saturated rings. The second-order valence-electron chi connectivity index (χ2n) is 6.46. The van der Waals surface area contributed by atoms with Crippen molar-refractivity contribution in [2.24, 2.45) is 0 Å². The molecular formula is C21H22N4O. The van der Waals surface area contributed by atoms with Crippen LogP contribution in [0.25, 0.3) is 0 Å². The Morgan fingerprint density at radius 1 is 1.23 bits per heavy atom. The molecule has 0 radical (unpaired) electrons. The number of aromatic nitrogens is 1. The summed E-state index contributed by atoms with van der Waals surface area (Å²) < 4.78 is 0. The quantitative estimate of drug-likeness (QED) is 0.640. The van der Waals surface area contributed by atoms with Crippen molar-refractivity contribution in [1.29, 1.82) is 5.26 Å². The van der Waals surface area contributed by atoms with E-state index >= 15 is 0 Å². The van der Waals surface area contributed by atoms with Crippen LogP contribution in [0, 0.1) is 11.3 Å². The highest BCUT2D eigenvalue weighted by molar-refractivity contribution is 5.97. The summed E-state index contributed by atoms with van der Waals surface area (Å²) in [7, 11) is 0. The number of benzene rings is 1. The van der Waals surface area contributed by atoms with Crippen LogP contribution < -0.4 is 10.6 Å². The largest absolute Gasteiger partial charge is 0.345 e. The van der Waals surface area contributed by atoms with E-state index in [9.17, 15) is 10.1 Å². The zero-order valence-corrected chi connectivity index (χ0v) is 14.8. The van der Waals surface area contributed by atoms with Gasteiger partial charge in [-0.05, 0) is 61.4 Å². The smallest absolute Gasteiger partial charge is 0.263 e. The maximum absolute atomic E-state index is 12.4. The lowest BCUT2D eigenvalue weighted by Gasteiger charge is -2.20. The van der Waals surface area contributed by atoms with Gasteiger partial charge in [0.25, 0.3) is 5.91 Å². The van der Waals surface area contributed by atoms with Gasteiger partial charge in [0.05, 0.1) is 6.04 Å². The standard InChI is InChI=1S/C21H22N4O/c1-15(17-10-9-16-6-2-3-7-18(16)12-17)25-21(26)19(13-22)14-24-20-8-4-5-11-23-20/h4-5,8-12,14-15H,2-3,6-7H2,1H3,(H,23,24)(H,25,26)/b19-14-. The van der Waals surface area contributed by atoms with Crippen molar-refractivity contribution < 1.29 is 4.79 Å². The average molecular weight is 346 g/mol. The fraction of sp³-hybridized carbons (Fsp3) is 0.286. The van der Waals surface area contributed by atoms with Crippen LogP contribution in [0.1, 0.15) is 42.5 Å². The van der Waals surface area contributed by atoms with Crippen LogP contribution in [0.2, 0.25) is 0 Å². The van der Waals surface area contributed by atoms with Crippen molar-refractivity contribution in [2.75, 3.05) is 5.32 Å². The third-order valence-electron chi connectivity index (χ3n) is 4.61. The van der Waals surface area contributed by atoms with Crippen LogP contribution in [0.3, 0.4) is 0 Å². The number of aryl methyl sites for hydroxylation is 2. The molecule has 26 heavy (non-hydrogen) atoms. The molecule has 132 valence electrons. The Morgan fingerprint density at radius 3 is 2.77 bits per heavy atom. The van der Waals surface area contributed by atoms with Gasteiger partial charge in [-0.25, -0.2) is 4.98 Å². The minimum Gasteiger partial charge on any atom is -0.345 e. The lowest BCUT2D eigenvalue weighted by atomic mass is 9.89. The number of nitrogens with zero attached hydrogens (tertiary/aromatic N) is 2. The number of hydrogen-bond acceptors (Lipinski definition) is 4. The molecular weight excluding hydrogens is 324 g/mol. The summed E-state index contributed by atoms with van der Waals surface area (Å²) in [6.07, 6.45) is 7.73. The number of carbonyl (C=O) groups excluding carboxylic acids is 1. The Bertz CT molecular complexity index is 852. The second-order valence-corrected chi connectivity index (χ2v) is 6.46. The van der Waals surface area contributed by atoms with Crippen molar-refractivity contribution in [3.8, 4) is 6.07 Å². The molecule has 1 amide bonds. The lowest BCUT2D eigenvalue weighted by Crippen LogP contribution is -2.28. The SMILES string of the molecule is CC(NC(=O)/C(C#N)=C\Nc1ccccn1)c1ccc2c(c1)CCCC2. The minimum atomic E-state index is -0.402. The van der Waals surface area contributed by atoms with E-state index in [4.69, 9.17) is 0 Å². The number of pyridine rings is 1. The highest BCUT2D eigenvalue weighted by atomic mass is 16.1. The van der Waals surface area contributed by atoms with Crippen LogP contribution in [0.4, 0.5) is 5.82 Å². The van der Waals surface area contributed by atoms with E-state index in [-0.39, 0.29) is 11.6 Å². The Morgan fingerprint density at radius 2 is 2.04 bits per heavy atom. The lowest BCUT2D eigenvalue weighted by molar-refractivity contribution is -0.117. The van der Waals surface area contributed by atoms with Gasteiger partial charge in [-0.2, -0.15) is 5.26 Å². The first-order chi connectivity index (χ1) is 12.7. The van der Waals surface area contributed by atoms with Crippen LogP contribution in [-0.2, 0) is 17.6 Å². The minimum absolute atomic E-state index is 0.0143. The number of amides is 1. The third kappa shape index (κ3) is 4.28. The van der Waals surface area contributed by atoms with Gasteiger partial charge in [0.2, 0.25) is 0 Å². The summed E-state index contributed by atoms with van der Waals surface area (Å²) in [6.45, 7) is 1.93. The summed E-state index contributed by atoms with van der Waals surface area (Å²) in [5.41, 5.74) is 3.87. The first-order valence-corrected chi connectivity index (χ1v) is 8.88. The molecule has 0 aliphatic heterocycles. The number of hydrogen-bond donors (Lipinski definition) is 2. The Labute approximate surface area is 153 Å². The monoisotopic (exact) mass is 346 g/mol. The van der Waals surface area contributed by atoms with Gasteiger partial charge >= 0.3 is 0 Å². The van der Waals surface area contributed by atoms with Gasteiger partial charge in [0.1, 0.15) is 17.5 Å². The molecule has 5 heteroatoms. The molecule has 1 aliphatic carbocycles. The maximum atomic E-state index is 12.4. The van der Waals surface area contributed by atoms with E-state index < -0.39 is 5.91 Å². The van der Waals surface area contributed by atoms with Crippen molar-refractivity contribution in [1.82, 2.24) is 10.3 Å². The summed E-state index contributed by atoms with van der Waals surface area (Å²) in [4.78, 5) is 16.5. The average Bonchev–Trinajstić information content (AvgIpc) is 2.68. The van der Waals surface area contributed by atoms with Gasteiger partial charge in [-0.15, -0.1) is 0 Å². The number of carbonyl (C=O) groups is 1. The second kappa shape index (κ2) is 8.30. The first-order valence-electron chi connectivity index (χ1n) is 8.88. The molecule has 0 saturated carbocycles. The number of nitrogens with one attached hydrogen (secondary N) is 2. The Hall–Kier alpha value is -3.13. The van der Waals surface area contributed by atoms with Gasteiger partial charge in [-0.3, -0.25) is 4.79 Å². The molecule has 0 bridgehead atoms. The molecule has 2 aromatic rings. The van der Waals surface area contributed by atoms with Gasteiger partial charge in [0, 0.05) is 12.4 Å². The molecule has 5 nitrogen and oxygen atoms in total. The summed E-state index contributed by atoms with van der Waals surface area (Å²) in [6, 6.07) is 13.6. The molecule has 1 unspecified atom stereocenters. The first kappa shape index (κ1) is 17.7. The molecule has 3 rings (SSSR count). The number of nitriles is 1. The summed E-state index contributed by atoms with van der Waals surface area (Å²) in [5, 5.41) is 15.1. The maximum Gasteiger partial charge on any atom is 0.263 e. The van der Waals surface area contributed by atoms with Gasteiger partial charge in [0.15, 0.2) is 0 Å². The van der Waals surface area contributed by atoms with Crippen molar-refractivity contribution in [3.05, 3.63) is 71.1 Å².